The topological polar surface area (TPSA) is 93.2 Å². The second-order valence-corrected chi connectivity index (χ2v) is 10.9. The van der Waals surface area contributed by atoms with Crippen molar-refractivity contribution in [1.29, 1.82) is 0 Å². The smallest absolute Gasteiger partial charge is 0.419 e. The fourth-order valence-corrected chi connectivity index (χ4v) is 6.35. The van der Waals surface area contributed by atoms with E-state index in [4.69, 9.17) is 4.74 Å². The Bertz CT molecular complexity index is 1570. The monoisotopic (exact) mass is 582 g/mol. The Balaban J connectivity index is 1.45. The van der Waals surface area contributed by atoms with Gasteiger partial charge in [0.05, 0.1) is 24.2 Å². The molecule has 2 aromatic carbocycles. The number of amides is 2. The van der Waals surface area contributed by atoms with E-state index in [1.165, 1.54) is 7.11 Å². The molecule has 1 heterocycles. The van der Waals surface area contributed by atoms with Crippen LogP contribution >= 0.6 is 0 Å². The van der Waals surface area contributed by atoms with E-state index in [0.29, 0.717) is 41.3 Å². The Hall–Kier alpha value is -4.28. The average molecular weight is 583 g/mol. The predicted octanol–water partition coefficient (Wildman–Crippen LogP) is 6.35. The number of hydrogen-bond acceptors (Lipinski definition) is 5. The van der Waals surface area contributed by atoms with Gasteiger partial charge in [-0.05, 0) is 75.4 Å². The van der Waals surface area contributed by atoms with Crippen molar-refractivity contribution in [2.24, 2.45) is 17.8 Å². The highest BCUT2D eigenvalue weighted by atomic mass is 19.4. The van der Waals surface area contributed by atoms with Gasteiger partial charge >= 0.3 is 6.18 Å². The first-order chi connectivity index (χ1) is 19.9. The van der Waals surface area contributed by atoms with E-state index < -0.39 is 41.3 Å². The molecule has 1 aromatic heterocycles. The number of nitrogens with one attached hydrogen (secondary N) is 2. The Labute approximate surface area is 240 Å². The third-order valence-electron chi connectivity index (χ3n) is 8.12. The van der Waals surface area contributed by atoms with Crippen LogP contribution in [-0.4, -0.2) is 34.9 Å². The summed E-state index contributed by atoms with van der Waals surface area (Å²) in [4.78, 5) is 35.8. The number of alkyl halides is 3. The van der Waals surface area contributed by atoms with Crippen LogP contribution in [-0.2, 0) is 11.0 Å². The Kier molecular flexibility index (Phi) is 7.78. The number of hydrogen-bond donors (Lipinski definition) is 2. The minimum absolute atomic E-state index is 0.113. The van der Waals surface area contributed by atoms with Gasteiger partial charge in [0, 0.05) is 35.6 Å². The molecule has 42 heavy (non-hydrogen) atoms. The molecular weight excluding hydrogens is 552 g/mol. The van der Waals surface area contributed by atoms with Crippen molar-refractivity contribution in [2.45, 2.75) is 45.8 Å². The van der Waals surface area contributed by atoms with Crippen LogP contribution in [0.25, 0.3) is 11.1 Å². The van der Waals surface area contributed by atoms with Gasteiger partial charge in [-0.25, -0.2) is 14.4 Å². The molecule has 0 radical (unpaired) electrons. The lowest BCUT2D eigenvalue weighted by Gasteiger charge is -2.30. The standard InChI is InChI=1S/C31H30F4N4O3/c1-15(2)26-20-7-8-21(26)28(27(20)30(41)38-19-6-9-24(32)23(12-19)31(33,34)35)39-29(40)22-11-17(5-10-25(22)42-4)18-13-36-16(3)37-14-18/h5-6,9-14,20-21,27-28H,7-8H2,1-4H3,(H,38,41)(H,39,40)/t20?,21?,27-,28+/m0/s1. The molecule has 2 N–H and O–H groups in total. The Morgan fingerprint density at radius 1 is 0.976 bits per heavy atom. The predicted molar refractivity (Wildman–Crippen MR) is 148 cm³/mol. The van der Waals surface area contributed by atoms with Crippen molar-refractivity contribution in [3.63, 3.8) is 0 Å². The summed E-state index contributed by atoms with van der Waals surface area (Å²) in [5.74, 6) is -2.51. The summed E-state index contributed by atoms with van der Waals surface area (Å²) in [6, 6.07) is 6.87. The third kappa shape index (κ3) is 5.47. The first-order valence-electron chi connectivity index (χ1n) is 13.5. The number of methoxy groups -OCH3 is 1. The summed E-state index contributed by atoms with van der Waals surface area (Å²) in [6.45, 7) is 5.67. The van der Waals surface area contributed by atoms with Gasteiger partial charge in [0.25, 0.3) is 5.91 Å². The molecule has 0 aliphatic heterocycles. The summed E-state index contributed by atoms with van der Waals surface area (Å²) in [6.07, 6.45) is -0.140. The molecule has 5 rings (SSSR count). The number of aromatic nitrogens is 2. The van der Waals surface area contributed by atoms with Crippen LogP contribution in [0.15, 0.2) is 59.9 Å². The lowest BCUT2D eigenvalue weighted by Crippen LogP contribution is -2.48. The second kappa shape index (κ2) is 11.2. The molecule has 3 aromatic rings. The zero-order valence-corrected chi connectivity index (χ0v) is 23.5. The average Bonchev–Trinajstić information content (AvgIpc) is 3.50. The minimum atomic E-state index is -4.92. The lowest BCUT2D eigenvalue weighted by atomic mass is 9.83. The zero-order valence-electron chi connectivity index (χ0n) is 23.5. The second-order valence-electron chi connectivity index (χ2n) is 10.9. The van der Waals surface area contributed by atoms with Crippen LogP contribution in [0.2, 0.25) is 0 Å². The van der Waals surface area contributed by atoms with Crippen LogP contribution in [0.4, 0.5) is 23.2 Å². The molecule has 7 nitrogen and oxygen atoms in total. The molecule has 2 fully saturated rings. The van der Waals surface area contributed by atoms with E-state index in [2.05, 4.69) is 20.6 Å². The highest BCUT2D eigenvalue weighted by Gasteiger charge is 2.55. The molecule has 2 amide bonds. The summed E-state index contributed by atoms with van der Waals surface area (Å²) in [7, 11) is 1.45. The summed E-state index contributed by atoms with van der Waals surface area (Å²) >= 11 is 0. The van der Waals surface area contributed by atoms with Crippen molar-refractivity contribution in [2.75, 3.05) is 12.4 Å². The zero-order chi connectivity index (χ0) is 30.3. The number of aryl methyl sites for hydroxylation is 1. The lowest BCUT2D eigenvalue weighted by molar-refractivity contribution is -0.140. The number of ether oxygens (including phenoxy) is 1. The van der Waals surface area contributed by atoms with Crippen molar-refractivity contribution in [3.05, 3.63) is 82.7 Å². The quantitative estimate of drug-likeness (QED) is 0.261. The third-order valence-corrected chi connectivity index (χ3v) is 8.12. The van der Waals surface area contributed by atoms with Gasteiger partial charge in [-0.15, -0.1) is 0 Å². The highest BCUT2D eigenvalue weighted by molar-refractivity contribution is 6.00. The first kappa shape index (κ1) is 29.2. The Morgan fingerprint density at radius 3 is 2.31 bits per heavy atom. The van der Waals surface area contributed by atoms with E-state index in [-0.39, 0.29) is 23.1 Å². The van der Waals surface area contributed by atoms with Gasteiger partial charge in [-0.3, -0.25) is 9.59 Å². The number of nitrogens with zero attached hydrogens (tertiary/aromatic N) is 2. The summed E-state index contributed by atoms with van der Waals surface area (Å²) in [5.41, 5.74) is 2.14. The normalized spacial score (nSPS) is 21.3. The van der Waals surface area contributed by atoms with Crippen LogP contribution in [0.5, 0.6) is 5.75 Å². The molecule has 2 bridgehead atoms. The Morgan fingerprint density at radius 2 is 1.67 bits per heavy atom. The molecule has 2 aliphatic rings. The van der Waals surface area contributed by atoms with Gasteiger partial charge in [0.2, 0.25) is 5.91 Å². The van der Waals surface area contributed by atoms with Gasteiger partial charge in [0.1, 0.15) is 17.4 Å². The molecule has 4 atom stereocenters. The molecule has 11 heteroatoms. The van der Waals surface area contributed by atoms with Crippen LogP contribution in [0.1, 0.15) is 48.4 Å². The summed E-state index contributed by atoms with van der Waals surface area (Å²) in [5, 5.41) is 5.60. The minimum Gasteiger partial charge on any atom is -0.496 e. The van der Waals surface area contributed by atoms with E-state index in [0.717, 1.165) is 23.6 Å². The van der Waals surface area contributed by atoms with Crippen molar-refractivity contribution < 1.29 is 31.9 Å². The molecule has 0 spiro atoms. The maximum Gasteiger partial charge on any atom is 0.419 e. The number of carbonyl (C=O) groups excluding carboxylic acids is 2. The van der Waals surface area contributed by atoms with Crippen LogP contribution in [0, 0.1) is 30.5 Å². The summed E-state index contributed by atoms with van der Waals surface area (Å²) < 4.78 is 59.2. The SMILES string of the molecule is COc1ccc(-c2cnc(C)nc2)cc1C(=O)N[C@@H]1C2CCC(C2=C(C)C)[C@@H]1C(=O)Nc1ccc(F)c(C(F)(F)F)c1. The number of benzene rings is 2. The van der Waals surface area contributed by atoms with Crippen LogP contribution in [0.3, 0.4) is 0 Å². The van der Waals surface area contributed by atoms with Crippen molar-refractivity contribution in [1.82, 2.24) is 15.3 Å². The first-order valence-corrected chi connectivity index (χ1v) is 13.5. The molecule has 220 valence electrons. The van der Waals surface area contributed by atoms with Gasteiger partial charge in [-0.2, -0.15) is 13.2 Å². The van der Waals surface area contributed by atoms with Crippen LogP contribution < -0.4 is 15.4 Å². The fourth-order valence-electron chi connectivity index (χ4n) is 6.35. The molecular formula is C31H30F4N4O3. The number of rotatable bonds is 6. The number of halogens is 4. The number of fused-ring (bicyclic) bond motifs is 2. The molecule has 2 saturated carbocycles. The van der Waals surface area contributed by atoms with Crippen molar-refractivity contribution in [3.8, 4) is 16.9 Å². The van der Waals surface area contributed by atoms with E-state index in [1.807, 2.05) is 13.8 Å². The molecule has 0 saturated heterocycles. The number of allylic oxidation sites excluding steroid dienone is 1. The maximum atomic E-state index is 13.8. The highest BCUT2D eigenvalue weighted by Crippen LogP contribution is 2.54. The van der Waals surface area contributed by atoms with E-state index in [1.54, 1.807) is 37.5 Å². The van der Waals surface area contributed by atoms with E-state index in [9.17, 15) is 27.2 Å². The fraction of sp³-hybridized carbons (Fsp3) is 0.355. The van der Waals surface area contributed by atoms with E-state index >= 15 is 0 Å². The van der Waals surface area contributed by atoms with Crippen molar-refractivity contribution >= 4 is 17.5 Å². The maximum absolute atomic E-state index is 13.8. The van der Waals surface area contributed by atoms with Gasteiger partial charge < -0.3 is 15.4 Å². The largest absolute Gasteiger partial charge is 0.496 e. The van der Waals surface area contributed by atoms with Gasteiger partial charge in [0.15, 0.2) is 0 Å². The number of carbonyl (C=O) groups is 2. The van der Waals surface area contributed by atoms with Gasteiger partial charge in [-0.1, -0.05) is 17.2 Å². The number of anilines is 1. The molecule has 2 unspecified atom stereocenters. The molecule has 2 aliphatic carbocycles.